The normalized spacial score (nSPS) is 11.3. The lowest BCUT2D eigenvalue weighted by atomic mass is 10.3. The first-order valence-electron chi connectivity index (χ1n) is 9.32. The van der Waals surface area contributed by atoms with Crippen LogP contribution < -0.4 is 0 Å². The first-order chi connectivity index (χ1) is 14.9. The molecular weight excluding hydrogens is 412 g/mol. The number of thiophene rings is 2. The van der Waals surface area contributed by atoms with Crippen LogP contribution in [0.5, 0.6) is 0 Å². The van der Waals surface area contributed by atoms with E-state index in [2.05, 4.69) is 56.8 Å². The lowest BCUT2D eigenvalue weighted by Gasteiger charge is -2.04. The van der Waals surface area contributed by atoms with Gasteiger partial charge >= 0.3 is 0 Å². The summed E-state index contributed by atoms with van der Waals surface area (Å²) in [5, 5.41) is 17.0. The molecule has 2 aromatic carbocycles. The Balaban J connectivity index is 1.40. The number of fused-ring (bicyclic) bond motifs is 1. The Bertz CT molecular complexity index is 1300. The average molecular weight is 427 g/mol. The molecule has 8 heteroatoms. The van der Waals surface area contributed by atoms with Crippen molar-refractivity contribution in [3.8, 4) is 32.8 Å². The Kier molecular flexibility index (Phi) is 4.03. The fourth-order valence-electron chi connectivity index (χ4n) is 3.42. The molecule has 4 heterocycles. The van der Waals surface area contributed by atoms with Gasteiger partial charge < -0.3 is 0 Å². The third-order valence-electron chi connectivity index (χ3n) is 4.81. The van der Waals surface area contributed by atoms with Crippen LogP contribution in [0, 0.1) is 0 Å². The second kappa shape index (κ2) is 7.01. The summed E-state index contributed by atoms with van der Waals surface area (Å²) in [4.78, 5) is 2.18. The van der Waals surface area contributed by atoms with Gasteiger partial charge in [0.15, 0.2) is 11.6 Å². The van der Waals surface area contributed by atoms with E-state index >= 15 is 0 Å². The summed E-state index contributed by atoms with van der Waals surface area (Å²) in [7, 11) is 0. The molecule has 0 radical (unpaired) electrons. The maximum atomic E-state index is 4.37. The minimum Gasteiger partial charge on any atom is -0.281 e. The third kappa shape index (κ3) is 2.85. The molecule has 0 N–H and O–H groups in total. The van der Waals surface area contributed by atoms with Gasteiger partial charge in [-0.3, -0.25) is 9.13 Å². The van der Waals surface area contributed by atoms with Crippen LogP contribution in [0.15, 0.2) is 85.5 Å². The molecule has 0 saturated carbocycles. The van der Waals surface area contributed by atoms with E-state index in [0.29, 0.717) is 0 Å². The van der Waals surface area contributed by atoms with Gasteiger partial charge in [0.2, 0.25) is 0 Å². The van der Waals surface area contributed by atoms with Crippen molar-refractivity contribution in [3.63, 3.8) is 0 Å². The van der Waals surface area contributed by atoms with Crippen LogP contribution in [0.3, 0.4) is 0 Å². The number of aromatic nitrogens is 6. The van der Waals surface area contributed by atoms with Gasteiger partial charge in [-0.1, -0.05) is 36.4 Å². The Hall–Kier alpha value is -3.62. The van der Waals surface area contributed by atoms with Crippen molar-refractivity contribution in [2.24, 2.45) is 0 Å². The average Bonchev–Trinajstić information content (AvgIpc) is 3.57. The molecule has 6 aromatic rings. The van der Waals surface area contributed by atoms with E-state index in [4.69, 9.17) is 0 Å². The molecule has 6 rings (SSSR count). The topological polar surface area (TPSA) is 61.4 Å². The van der Waals surface area contributed by atoms with E-state index in [0.717, 1.165) is 32.8 Å². The zero-order valence-corrected chi connectivity index (χ0v) is 17.2. The van der Waals surface area contributed by atoms with Crippen molar-refractivity contribution in [2.45, 2.75) is 0 Å². The summed E-state index contributed by atoms with van der Waals surface area (Å²) < 4.78 is 6.44. The quantitative estimate of drug-likeness (QED) is 0.376. The van der Waals surface area contributed by atoms with E-state index in [-0.39, 0.29) is 0 Å². The molecular formula is C22H14N6S2. The van der Waals surface area contributed by atoms with Gasteiger partial charge in [0.1, 0.15) is 12.7 Å². The van der Waals surface area contributed by atoms with Gasteiger partial charge in [-0.05, 0) is 36.4 Å². The summed E-state index contributed by atoms with van der Waals surface area (Å²) in [5.41, 5.74) is 2.09. The Morgan fingerprint density at radius 2 is 1.00 bits per heavy atom. The second-order valence-electron chi connectivity index (χ2n) is 6.67. The summed E-state index contributed by atoms with van der Waals surface area (Å²) in [6, 6.07) is 24.6. The van der Waals surface area contributed by atoms with Crippen LogP contribution in [0.1, 0.15) is 0 Å². The number of benzene rings is 2. The van der Waals surface area contributed by atoms with E-state index in [1.807, 2.05) is 45.5 Å². The van der Waals surface area contributed by atoms with Crippen molar-refractivity contribution in [1.82, 2.24) is 29.5 Å². The predicted molar refractivity (Wildman–Crippen MR) is 120 cm³/mol. The summed E-state index contributed by atoms with van der Waals surface area (Å²) in [6.07, 6.45) is 3.51. The molecule has 144 valence electrons. The first kappa shape index (κ1) is 17.3. The number of hydrogen-bond donors (Lipinski definition) is 0. The molecule has 0 amide bonds. The van der Waals surface area contributed by atoms with Crippen molar-refractivity contribution in [2.75, 3.05) is 0 Å². The molecule has 0 fully saturated rings. The van der Waals surface area contributed by atoms with Crippen LogP contribution >= 0.6 is 22.7 Å². The Morgan fingerprint density at radius 1 is 0.567 bits per heavy atom. The molecule has 0 aliphatic carbocycles. The zero-order valence-electron chi connectivity index (χ0n) is 15.6. The molecule has 0 spiro atoms. The monoisotopic (exact) mass is 426 g/mol. The van der Waals surface area contributed by atoms with Crippen molar-refractivity contribution in [1.29, 1.82) is 0 Å². The largest absolute Gasteiger partial charge is 0.281 e. The van der Waals surface area contributed by atoms with Crippen LogP contribution in [0.25, 0.3) is 42.2 Å². The summed E-state index contributed by atoms with van der Waals surface area (Å²) in [6.45, 7) is 0. The van der Waals surface area contributed by atoms with Crippen LogP contribution in [-0.4, -0.2) is 29.5 Å². The van der Waals surface area contributed by atoms with E-state index in [1.165, 1.54) is 9.40 Å². The minimum atomic E-state index is 0.851. The maximum absolute atomic E-state index is 4.37. The highest BCUT2D eigenvalue weighted by molar-refractivity contribution is 7.30. The predicted octanol–water partition coefficient (Wildman–Crippen LogP) is 5.46. The number of nitrogens with zero attached hydrogens (tertiary/aromatic N) is 6. The van der Waals surface area contributed by atoms with Crippen molar-refractivity contribution in [3.05, 3.63) is 85.5 Å². The molecule has 0 aliphatic heterocycles. The molecule has 6 nitrogen and oxygen atoms in total. The smallest absolute Gasteiger partial charge is 0.178 e. The fraction of sp³-hybridized carbons (Fsp3) is 0. The lowest BCUT2D eigenvalue weighted by molar-refractivity contribution is 1.07. The van der Waals surface area contributed by atoms with E-state index < -0.39 is 0 Å². The number of rotatable bonds is 4. The molecule has 0 saturated heterocycles. The second-order valence-corrected chi connectivity index (χ2v) is 8.84. The zero-order chi connectivity index (χ0) is 19.9. The summed E-state index contributed by atoms with van der Waals surface area (Å²) >= 11 is 3.43. The lowest BCUT2D eigenvalue weighted by Crippen LogP contribution is -1.94. The minimum absolute atomic E-state index is 0.851. The molecule has 30 heavy (non-hydrogen) atoms. The van der Waals surface area contributed by atoms with E-state index in [9.17, 15) is 0 Å². The van der Waals surface area contributed by atoms with Crippen LogP contribution in [0.4, 0.5) is 0 Å². The Morgan fingerprint density at radius 3 is 1.43 bits per heavy atom. The highest BCUT2D eigenvalue weighted by atomic mass is 32.1. The Labute approximate surface area is 179 Å². The van der Waals surface area contributed by atoms with Crippen LogP contribution in [-0.2, 0) is 0 Å². The number of para-hydroxylation sites is 2. The SMILES string of the molecule is c1ccc(-n2cnnc2-c2cc3sc(-c4nncn4-c4ccccc4)cc3s2)cc1. The van der Waals surface area contributed by atoms with Crippen molar-refractivity contribution >= 4 is 32.1 Å². The summed E-state index contributed by atoms with van der Waals surface area (Å²) in [5.74, 6) is 1.70. The maximum Gasteiger partial charge on any atom is 0.178 e. The fourth-order valence-corrected chi connectivity index (χ4v) is 5.78. The van der Waals surface area contributed by atoms with E-state index in [1.54, 1.807) is 35.3 Å². The van der Waals surface area contributed by atoms with Gasteiger partial charge in [0.05, 0.1) is 9.75 Å². The van der Waals surface area contributed by atoms with Gasteiger partial charge in [0.25, 0.3) is 0 Å². The van der Waals surface area contributed by atoms with Gasteiger partial charge in [-0.25, -0.2) is 0 Å². The van der Waals surface area contributed by atoms with Gasteiger partial charge in [0, 0.05) is 20.8 Å². The molecule has 0 unspecified atom stereocenters. The highest BCUT2D eigenvalue weighted by Gasteiger charge is 2.17. The van der Waals surface area contributed by atoms with Crippen LogP contribution in [0.2, 0.25) is 0 Å². The first-order valence-corrected chi connectivity index (χ1v) is 10.9. The molecule has 0 aliphatic rings. The van der Waals surface area contributed by atoms with Gasteiger partial charge in [-0.15, -0.1) is 43.1 Å². The van der Waals surface area contributed by atoms with Gasteiger partial charge in [-0.2, -0.15) is 0 Å². The van der Waals surface area contributed by atoms with Crippen molar-refractivity contribution < 1.29 is 0 Å². The standard InChI is InChI=1S/C22H14N6S2/c1-3-7-15(8-4-1)27-13-23-25-21(27)19-11-17-18(29-19)12-20(30-17)22-26-24-14-28(22)16-9-5-2-6-10-16/h1-14H. The molecule has 4 aromatic heterocycles. The number of hydrogen-bond acceptors (Lipinski definition) is 6. The molecule has 0 atom stereocenters. The molecule has 0 bridgehead atoms. The highest BCUT2D eigenvalue weighted by Crippen LogP contribution is 2.41. The third-order valence-corrected chi connectivity index (χ3v) is 7.10.